The van der Waals surface area contributed by atoms with E-state index in [4.69, 9.17) is 13.9 Å². The Balaban J connectivity index is 1.77. The maximum absolute atomic E-state index is 13.4. The van der Waals surface area contributed by atoms with Crippen molar-refractivity contribution in [3.63, 3.8) is 0 Å². The number of nitrogens with zero attached hydrogens (tertiary/aromatic N) is 1. The second-order valence-electron chi connectivity index (χ2n) is 7.75. The zero-order valence-electron chi connectivity index (χ0n) is 18.7. The number of rotatable bonds is 8. The van der Waals surface area contributed by atoms with Gasteiger partial charge < -0.3 is 23.9 Å². The van der Waals surface area contributed by atoms with Crippen LogP contribution >= 0.6 is 0 Å². The van der Waals surface area contributed by atoms with Crippen LogP contribution in [0, 0.1) is 6.92 Å². The Morgan fingerprint density at radius 3 is 2.39 bits per heavy atom. The number of aryl methyl sites for hydroxylation is 1. The first-order valence-corrected chi connectivity index (χ1v) is 10.6. The number of ether oxygens (including phenoxy) is 2. The molecule has 7 heteroatoms. The fourth-order valence-corrected chi connectivity index (χ4v) is 4.07. The maximum Gasteiger partial charge on any atom is 0.290 e. The molecule has 1 amide bonds. The van der Waals surface area contributed by atoms with Gasteiger partial charge in [0.25, 0.3) is 5.91 Å². The van der Waals surface area contributed by atoms with Crippen molar-refractivity contribution in [2.45, 2.75) is 19.4 Å². The molecule has 0 bridgehead atoms. The standard InChI is InChI=1S/C26H25NO6/c1-16-9-11-20(33-16)24(28)22-23(18-10-12-19(31-2)21(15-18)32-3)27(26(30)25(22)29)14-13-17-7-5-4-6-8-17/h4-12,15,23,29H,13-14H2,1-3H3. The predicted molar refractivity (Wildman–Crippen MR) is 122 cm³/mol. The smallest absolute Gasteiger partial charge is 0.290 e. The Labute approximate surface area is 191 Å². The molecule has 170 valence electrons. The van der Waals surface area contributed by atoms with Gasteiger partial charge in [-0.2, -0.15) is 0 Å². The minimum absolute atomic E-state index is 0.0189. The van der Waals surface area contributed by atoms with Crippen molar-refractivity contribution < 1.29 is 28.6 Å². The summed E-state index contributed by atoms with van der Waals surface area (Å²) in [4.78, 5) is 28.0. The van der Waals surface area contributed by atoms with Gasteiger partial charge in [-0.3, -0.25) is 9.59 Å². The van der Waals surface area contributed by atoms with Crippen LogP contribution < -0.4 is 9.47 Å². The number of hydrogen-bond donors (Lipinski definition) is 1. The molecule has 0 fully saturated rings. The summed E-state index contributed by atoms with van der Waals surface area (Å²) in [5.74, 6) is -0.0968. The molecule has 0 spiro atoms. The van der Waals surface area contributed by atoms with Gasteiger partial charge in [-0.15, -0.1) is 0 Å². The molecule has 0 saturated heterocycles. The molecule has 1 unspecified atom stereocenters. The molecule has 1 N–H and O–H groups in total. The molecular formula is C26H25NO6. The summed E-state index contributed by atoms with van der Waals surface area (Å²) in [6.07, 6.45) is 0.560. The number of hydrogen-bond acceptors (Lipinski definition) is 6. The van der Waals surface area contributed by atoms with Gasteiger partial charge in [0.05, 0.1) is 25.8 Å². The summed E-state index contributed by atoms with van der Waals surface area (Å²) >= 11 is 0. The fraction of sp³-hybridized carbons (Fsp3) is 0.231. The van der Waals surface area contributed by atoms with Gasteiger partial charge in [-0.25, -0.2) is 0 Å². The zero-order chi connectivity index (χ0) is 23.5. The van der Waals surface area contributed by atoms with E-state index in [1.54, 1.807) is 37.3 Å². The number of carbonyl (C=O) groups is 2. The highest BCUT2D eigenvalue weighted by atomic mass is 16.5. The van der Waals surface area contributed by atoms with Gasteiger partial charge in [0.15, 0.2) is 23.0 Å². The average molecular weight is 447 g/mol. The largest absolute Gasteiger partial charge is 0.503 e. The molecule has 33 heavy (non-hydrogen) atoms. The van der Waals surface area contributed by atoms with Gasteiger partial charge >= 0.3 is 0 Å². The van der Waals surface area contributed by atoms with E-state index in [-0.39, 0.29) is 11.3 Å². The number of methoxy groups -OCH3 is 2. The topological polar surface area (TPSA) is 89.2 Å². The molecule has 2 aromatic carbocycles. The summed E-state index contributed by atoms with van der Waals surface area (Å²) in [6, 6.07) is 17.3. The number of ketones is 1. The lowest BCUT2D eigenvalue weighted by atomic mass is 9.94. The predicted octanol–water partition coefficient (Wildman–Crippen LogP) is 4.43. The first-order chi connectivity index (χ1) is 15.9. The van der Waals surface area contributed by atoms with E-state index in [0.717, 1.165) is 5.56 Å². The van der Waals surface area contributed by atoms with Crippen molar-refractivity contribution in [1.82, 2.24) is 4.90 Å². The van der Waals surface area contributed by atoms with Crippen LogP contribution in [0.5, 0.6) is 11.5 Å². The SMILES string of the molecule is COc1ccc(C2C(C(=O)c3ccc(C)o3)=C(O)C(=O)N2CCc2ccccc2)cc1OC. The lowest BCUT2D eigenvalue weighted by molar-refractivity contribution is -0.129. The molecule has 7 nitrogen and oxygen atoms in total. The molecule has 4 rings (SSSR count). The summed E-state index contributed by atoms with van der Waals surface area (Å²) in [7, 11) is 3.04. The van der Waals surface area contributed by atoms with Crippen molar-refractivity contribution in [2.75, 3.05) is 20.8 Å². The summed E-state index contributed by atoms with van der Waals surface area (Å²) in [5, 5.41) is 10.8. The lowest BCUT2D eigenvalue weighted by Crippen LogP contribution is -2.33. The highest BCUT2D eigenvalue weighted by Gasteiger charge is 2.44. The third-order valence-corrected chi connectivity index (χ3v) is 5.72. The third-order valence-electron chi connectivity index (χ3n) is 5.72. The molecule has 2 heterocycles. The van der Waals surface area contributed by atoms with Crippen molar-refractivity contribution in [3.05, 3.63) is 94.6 Å². The Morgan fingerprint density at radius 1 is 1.03 bits per heavy atom. The van der Waals surface area contributed by atoms with E-state index >= 15 is 0 Å². The Morgan fingerprint density at radius 2 is 1.76 bits per heavy atom. The Hall–Kier alpha value is -4.00. The van der Waals surface area contributed by atoms with E-state index in [2.05, 4.69) is 0 Å². The van der Waals surface area contributed by atoms with Gasteiger partial charge in [0.1, 0.15) is 5.76 Å². The monoisotopic (exact) mass is 447 g/mol. The van der Waals surface area contributed by atoms with E-state index in [0.29, 0.717) is 35.8 Å². The molecule has 1 aliphatic rings. The van der Waals surface area contributed by atoms with Crippen molar-refractivity contribution in [1.29, 1.82) is 0 Å². The Kier molecular flexibility index (Phi) is 6.22. The first-order valence-electron chi connectivity index (χ1n) is 10.6. The molecule has 3 aromatic rings. The molecular weight excluding hydrogens is 422 g/mol. The molecule has 0 saturated carbocycles. The number of furan rings is 1. The van der Waals surface area contributed by atoms with Crippen LogP contribution in [-0.2, 0) is 11.2 Å². The number of aliphatic hydroxyl groups is 1. The van der Waals surface area contributed by atoms with Gasteiger partial charge in [0, 0.05) is 6.54 Å². The molecule has 0 aliphatic carbocycles. The van der Waals surface area contributed by atoms with E-state index in [1.807, 2.05) is 30.3 Å². The first kappa shape index (κ1) is 22.2. The van der Waals surface area contributed by atoms with Crippen LogP contribution in [0.15, 0.2) is 76.4 Å². The van der Waals surface area contributed by atoms with Crippen LogP contribution in [-0.4, -0.2) is 42.5 Å². The third kappa shape index (κ3) is 4.22. The number of amides is 1. The molecule has 0 radical (unpaired) electrons. The summed E-state index contributed by atoms with van der Waals surface area (Å²) in [5.41, 5.74) is 1.64. The normalized spacial score (nSPS) is 15.8. The second-order valence-corrected chi connectivity index (χ2v) is 7.75. The summed E-state index contributed by atoms with van der Waals surface area (Å²) < 4.78 is 16.3. The Bertz CT molecular complexity index is 1210. The molecule has 1 atom stereocenters. The van der Waals surface area contributed by atoms with Gasteiger partial charge in [0.2, 0.25) is 5.78 Å². The fourth-order valence-electron chi connectivity index (χ4n) is 4.07. The van der Waals surface area contributed by atoms with Crippen LogP contribution in [0.25, 0.3) is 0 Å². The number of carbonyl (C=O) groups excluding carboxylic acids is 2. The van der Waals surface area contributed by atoms with E-state index in [9.17, 15) is 14.7 Å². The van der Waals surface area contributed by atoms with Crippen LogP contribution in [0.2, 0.25) is 0 Å². The van der Waals surface area contributed by atoms with Gasteiger partial charge in [-0.1, -0.05) is 36.4 Å². The van der Waals surface area contributed by atoms with Crippen molar-refractivity contribution in [3.8, 4) is 11.5 Å². The highest BCUT2D eigenvalue weighted by molar-refractivity contribution is 6.15. The van der Waals surface area contributed by atoms with Crippen LogP contribution in [0.4, 0.5) is 0 Å². The van der Waals surface area contributed by atoms with E-state index < -0.39 is 23.5 Å². The average Bonchev–Trinajstić information content (AvgIpc) is 3.38. The highest BCUT2D eigenvalue weighted by Crippen LogP contribution is 2.41. The minimum Gasteiger partial charge on any atom is -0.503 e. The maximum atomic E-state index is 13.4. The number of benzene rings is 2. The lowest BCUT2D eigenvalue weighted by Gasteiger charge is -2.27. The number of aliphatic hydroxyl groups excluding tert-OH is 1. The molecule has 1 aromatic heterocycles. The summed E-state index contributed by atoms with van der Waals surface area (Å²) in [6.45, 7) is 2.03. The van der Waals surface area contributed by atoms with Crippen LogP contribution in [0.3, 0.4) is 0 Å². The quantitative estimate of drug-likeness (QED) is 0.514. The van der Waals surface area contributed by atoms with Crippen molar-refractivity contribution >= 4 is 11.7 Å². The number of Topliss-reactive ketones (excluding diaryl/α,β-unsaturated/α-hetero) is 1. The zero-order valence-corrected chi connectivity index (χ0v) is 18.7. The van der Waals surface area contributed by atoms with Crippen molar-refractivity contribution in [2.24, 2.45) is 0 Å². The van der Waals surface area contributed by atoms with E-state index in [1.165, 1.54) is 19.1 Å². The van der Waals surface area contributed by atoms with Crippen LogP contribution in [0.1, 0.15) is 33.5 Å². The minimum atomic E-state index is -0.807. The molecule has 1 aliphatic heterocycles. The van der Waals surface area contributed by atoms with Gasteiger partial charge in [-0.05, 0) is 48.7 Å². The second kappa shape index (κ2) is 9.24.